The summed E-state index contributed by atoms with van der Waals surface area (Å²) in [5, 5.41) is 0. The number of aryl methyl sites for hydroxylation is 1. The first-order valence-electron chi connectivity index (χ1n) is 6.72. The van der Waals surface area contributed by atoms with Gasteiger partial charge in [0.2, 0.25) is 11.8 Å². The number of benzene rings is 1. The van der Waals surface area contributed by atoms with E-state index in [4.69, 9.17) is 0 Å². The molecule has 4 heteroatoms. The minimum Gasteiger partial charge on any atom is -0.329 e. The van der Waals surface area contributed by atoms with Gasteiger partial charge in [0.1, 0.15) is 6.04 Å². The Morgan fingerprint density at radius 3 is 2.47 bits per heavy atom. The fourth-order valence-corrected chi connectivity index (χ4v) is 2.40. The number of carbonyl (C=O) groups is 2. The third kappa shape index (κ3) is 2.62. The average Bonchev–Trinajstić information content (AvgIpc) is 2.42. The largest absolute Gasteiger partial charge is 0.329 e. The maximum Gasteiger partial charge on any atom is 0.249 e. The Balaban J connectivity index is 2.17. The van der Waals surface area contributed by atoms with Crippen LogP contribution in [0.1, 0.15) is 25.8 Å². The number of piperazine rings is 1. The van der Waals surface area contributed by atoms with Crippen molar-refractivity contribution < 1.29 is 9.59 Å². The number of carbonyl (C=O) groups excluding carboxylic acids is 2. The molecule has 0 N–H and O–H groups in total. The van der Waals surface area contributed by atoms with Crippen molar-refractivity contribution in [1.82, 2.24) is 4.90 Å². The zero-order chi connectivity index (χ0) is 14.0. The lowest BCUT2D eigenvalue weighted by atomic mass is 10.1. The molecule has 0 aromatic heterocycles. The second-order valence-electron chi connectivity index (χ2n) is 4.94. The summed E-state index contributed by atoms with van der Waals surface area (Å²) >= 11 is 0. The first-order chi connectivity index (χ1) is 9.04. The Labute approximate surface area is 114 Å². The number of nitrogens with zero attached hydrogens (tertiary/aromatic N) is 2. The smallest absolute Gasteiger partial charge is 0.249 e. The van der Waals surface area contributed by atoms with E-state index in [9.17, 15) is 9.59 Å². The second kappa shape index (κ2) is 5.43. The van der Waals surface area contributed by atoms with Gasteiger partial charge in [0.05, 0.1) is 0 Å². The van der Waals surface area contributed by atoms with Gasteiger partial charge in [-0.05, 0) is 26.0 Å². The van der Waals surface area contributed by atoms with Crippen LogP contribution in [-0.4, -0.2) is 35.8 Å². The van der Waals surface area contributed by atoms with E-state index in [-0.39, 0.29) is 17.9 Å². The molecule has 1 aliphatic rings. The van der Waals surface area contributed by atoms with Gasteiger partial charge in [0.25, 0.3) is 0 Å². The van der Waals surface area contributed by atoms with Crippen molar-refractivity contribution in [1.29, 1.82) is 0 Å². The van der Waals surface area contributed by atoms with Gasteiger partial charge in [0.15, 0.2) is 0 Å². The molecule has 1 heterocycles. The fourth-order valence-electron chi connectivity index (χ4n) is 2.40. The van der Waals surface area contributed by atoms with Crippen molar-refractivity contribution in [2.45, 2.75) is 33.2 Å². The molecule has 1 aromatic rings. The normalized spacial score (nSPS) is 19.7. The van der Waals surface area contributed by atoms with E-state index in [2.05, 4.69) is 0 Å². The van der Waals surface area contributed by atoms with Crippen LogP contribution in [0, 0.1) is 6.92 Å². The Bertz CT molecular complexity index is 481. The van der Waals surface area contributed by atoms with Gasteiger partial charge in [-0.1, -0.05) is 24.6 Å². The summed E-state index contributed by atoms with van der Waals surface area (Å²) in [6, 6.07) is 7.53. The lowest BCUT2D eigenvalue weighted by Gasteiger charge is -2.39. The summed E-state index contributed by atoms with van der Waals surface area (Å²) in [5.41, 5.74) is 2.08. The van der Waals surface area contributed by atoms with Gasteiger partial charge < -0.3 is 9.80 Å². The maximum atomic E-state index is 12.4. The van der Waals surface area contributed by atoms with Gasteiger partial charge in [-0.3, -0.25) is 9.59 Å². The van der Waals surface area contributed by atoms with E-state index in [1.807, 2.05) is 38.1 Å². The summed E-state index contributed by atoms with van der Waals surface area (Å²) in [5.74, 6) is 0.0429. The predicted octanol–water partition coefficient (Wildman–Crippen LogP) is 1.97. The molecule has 1 saturated heterocycles. The van der Waals surface area contributed by atoms with Crippen LogP contribution < -0.4 is 4.90 Å². The van der Waals surface area contributed by atoms with Crippen LogP contribution in [0.15, 0.2) is 24.3 Å². The van der Waals surface area contributed by atoms with Crippen molar-refractivity contribution in [2.24, 2.45) is 0 Å². The highest BCUT2D eigenvalue weighted by Gasteiger charge is 2.34. The number of anilines is 1. The highest BCUT2D eigenvalue weighted by Crippen LogP contribution is 2.21. The highest BCUT2D eigenvalue weighted by molar-refractivity contribution is 6.00. The third-order valence-electron chi connectivity index (χ3n) is 3.62. The zero-order valence-electron chi connectivity index (χ0n) is 11.7. The molecule has 0 aliphatic carbocycles. The SMILES string of the molecule is CCC(=O)N1CCN(c2ccc(C)cc2)C(=O)C1C. The van der Waals surface area contributed by atoms with Crippen LogP contribution in [0.5, 0.6) is 0 Å². The summed E-state index contributed by atoms with van der Waals surface area (Å²) in [4.78, 5) is 27.6. The van der Waals surface area contributed by atoms with E-state index in [0.29, 0.717) is 19.5 Å². The van der Waals surface area contributed by atoms with E-state index in [0.717, 1.165) is 5.69 Å². The molecule has 1 aliphatic heterocycles. The van der Waals surface area contributed by atoms with Gasteiger partial charge in [0, 0.05) is 25.2 Å². The monoisotopic (exact) mass is 260 g/mol. The van der Waals surface area contributed by atoms with Crippen molar-refractivity contribution >= 4 is 17.5 Å². The Morgan fingerprint density at radius 1 is 1.26 bits per heavy atom. The quantitative estimate of drug-likeness (QED) is 0.815. The predicted molar refractivity (Wildman–Crippen MR) is 75.0 cm³/mol. The Kier molecular flexibility index (Phi) is 3.88. The average molecular weight is 260 g/mol. The third-order valence-corrected chi connectivity index (χ3v) is 3.62. The topological polar surface area (TPSA) is 40.6 Å². The van der Waals surface area contributed by atoms with E-state index in [1.54, 1.807) is 16.7 Å². The maximum absolute atomic E-state index is 12.4. The number of amides is 2. The Hall–Kier alpha value is -1.84. The minimum absolute atomic E-state index is 0.00287. The van der Waals surface area contributed by atoms with Crippen LogP contribution in [0.4, 0.5) is 5.69 Å². The van der Waals surface area contributed by atoms with Crippen LogP contribution in [0.2, 0.25) is 0 Å². The molecule has 0 spiro atoms. The molecule has 1 aromatic carbocycles. The molecule has 0 bridgehead atoms. The number of hydrogen-bond acceptors (Lipinski definition) is 2. The molecule has 0 saturated carbocycles. The van der Waals surface area contributed by atoms with Gasteiger partial charge in [-0.25, -0.2) is 0 Å². The van der Waals surface area contributed by atoms with Crippen molar-refractivity contribution in [3.8, 4) is 0 Å². The molecule has 1 atom stereocenters. The van der Waals surface area contributed by atoms with E-state index >= 15 is 0 Å². The van der Waals surface area contributed by atoms with E-state index in [1.165, 1.54) is 5.56 Å². The summed E-state index contributed by atoms with van der Waals surface area (Å²) in [6.07, 6.45) is 0.447. The van der Waals surface area contributed by atoms with Gasteiger partial charge >= 0.3 is 0 Å². The molecule has 1 fully saturated rings. The first-order valence-corrected chi connectivity index (χ1v) is 6.72. The van der Waals surface area contributed by atoms with Crippen LogP contribution in [0.3, 0.4) is 0 Å². The molecular formula is C15H20N2O2. The highest BCUT2D eigenvalue weighted by atomic mass is 16.2. The zero-order valence-corrected chi connectivity index (χ0v) is 11.7. The molecule has 2 amide bonds. The lowest BCUT2D eigenvalue weighted by Crippen LogP contribution is -2.57. The van der Waals surface area contributed by atoms with Crippen molar-refractivity contribution in [2.75, 3.05) is 18.0 Å². The standard InChI is InChI=1S/C15H20N2O2/c1-4-14(18)16-9-10-17(15(19)12(16)3)13-7-5-11(2)6-8-13/h5-8,12H,4,9-10H2,1-3H3. The first kappa shape index (κ1) is 13.6. The minimum atomic E-state index is -0.373. The fraction of sp³-hybridized carbons (Fsp3) is 0.467. The molecule has 19 heavy (non-hydrogen) atoms. The second-order valence-corrected chi connectivity index (χ2v) is 4.94. The van der Waals surface area contributed by atoms with Crippen LogP contribution in [0.25, 0.3) is 0 Å². The van der Waals surface area contributed by atoms with Crippen molar-refractivity contribution in [3.63, 3.8) is 0 Å². The van der Waals surface area contributed by atoms with Gasteiger partial charge in [-0.15, -0.1) is 0 Å². The van der Waals surface area contributed by atoms with Crippen LogP contribution >= 0.6 is 0 Å². The lowest BCUT2D eigenvalue weighted by molar-refractivity contribution is -0.140. The van der Waals surface area contributed by atoms with Gasteiger partial charge in [-0.2, -0.15) is 0 Å². The van der Waals surface area contributed by atoms with Crippen molar-refractivity contribution in [3.05, 3.63) is 29.8 Å². The summed E-state index contributed by atoms with van der Waals surface area (Å²) < 4.78 is 0. The number of hydrogen-bond donors (Lipinski definition) is 0. The molecule has 102 valence electrons. The Morgan fingerprint density at radius 2 is 1.89 bits per heavy atom. The summed E-state index contributed by atoms with van der Waals surface area (Å²) in [6.45, 7) is 6.82. The van der Waals surface area contributed by atoms with Crippen LogP contribution in [-0.2, 0) is 9.59 Å². The number of rotatable bonds is 2. The molecule has 4 nitrogen and oxygen atoms in total. The summed E-state index contributed by atoms with van der Waals surface area (Å²) in [7, 11) is 0. The molecule has 1 unspecified atom stereocenters. The van der Waals surface area contributed by atoms with E-state index < -0.39 is 0 Å². The molecular weight excluding hydrogens is 240 g/mol. The molecule has 2 rings (SSSR count). The molecule has 0 radical (unpaired) electrons.